The van der Waals surface area contributed by atoms with Gasteiger partial charge in [-0.25, -0.2) is 8.78 Å². The molecular formula is C11H13F2NO3. The summed E-state index contributed by atoms with van der Waals surface area (Å²) in [6.45, 7) is 3.27. The van der Waals surface area contributed by atoms with Gasteiger partial charge in [0.05, 0.1) is 18.6 Å². The molecule has 0 aliphatic carbocycles. The van der Waals surface area contributed by atoms with Crippen LogP contribution in [0.4, 0.5) is 8.78 Å². The summed E-state index contributed by atoms with van der Waals surface area (Å²) < 4.78 is 29.9. The first-order chi connectivity index (χ1) is 7.97. The van der Waals surface area contributed by atoms with Crippen molar-refractivity contribution in [2.24, 2.45) is 0 Å². The maximum Gasteiger partial charge on any atom is 0.310 e. The summed E-state index contributed by atoms with van der Waals surface area (Å²) in [7, 11) is 0. The van der Waals surface area contributed by atoms with E-state index in [1.165, 1.54) is 13.1 Å². The maximum atomic E-state index is 12.6. The van der Waals surface area contributed by atoms with E-state index in [4.69, 9.17) is 4.74 Å². The molecule has 0 aliphatic heterocycles. The maximum absolute atomic E-state index is 12.6. The van der Waals surface area contributed by atoms with Crippen LogP contribution in [-0.4, -0.2) is 17.6 Å². The van der Waals surface area contributed by atoms with Crippen LogP contribution in [-0.2, 0) is 16.0 Å². The zero-order valence-electron chi connectivity index (χ0n) is 9.55. The van der Waals surface area contributed by atoms with Gasteiger partial charge in [0.1, 0.15) is 0 Å². The number of esters is 1. The molecular weight excluding hydrogens is 232 g/mol. The number of halogens is 2. The van der Waals surface area contributed by atoms with Crippen molar-refractivity contribution in [3.05, 3.63) is 33.2 Å². The van der Waals surface area contributed by atoms with Crippen molar-refractivity contribution in [1.29, 1.82) is 0 Å². The molecule has 0 aliphatic rings. The normalized spacial score (nSPS) is 10.6. The summed E-state index contributed by atoms with van der Waals surface area (Å²) in [5, 5.41) is 0. The number of nitrogens with one attached hydrogen (secondary N) is 1. The Morgan fingerprint density at radius 1 is 1.53 bits per heavy atom. The van der Waals surface area contributed by atoms with E-state index in [-0.39, 0.29) is 18.6 Å². The third kappa shape index (κ3) is 3.12. The number of hydrogen-bond donors (Lipinski definition) is 1. The van der Waals surface area contributed by atoms with E-state index in [9.17, 15) is 18.4 Å². The van der Waals surface area contributed by atoms with Gasteiger partial charge in [-0.1, -0.05) is 0 Å². The second-order valence-electron chi connectivity index (χ2n) is 3.46. The zero-order chi connectivity index (χ0) is 13.0. The van der Waals surface area contributed by atoms with E-state index in [0.717, 1.165) is 0 Å². The van der Waals surface area contributed by atoms with E-state index in [0.29, 0.717) is 5.56 Å². The summed E-state index contributed by atoms with van der Waals surface area (Å²) in [5.41, 5.74) is -0.938. The molecule has 0 amide bonds. The van der Waals surface area contributed by atoms with Crippen molar-refractivity contribution in [3.63, 3.8) is 0 Å². The largest absolute Gasteiger partial charge is 0.466 e. The van der Waals surface area contributed by atoms with E-state index in [1.807, 2.05) is 0 Å². The Kier molecular flexibility index (Phi) is 4.37. The second-order valence-corrected chi connectivity index (χ2v) is 3.46. The van der Waals surface area contributed by atoms with Crippen LogP contribution in [0.15, 0.2) is 11.0 Å². The number of rotatable bonds is 4. The number of H-pyrrole nitrogens is 1. The second kappa shape index (κ2) is 5.56. The highest BCUT2D eigenvalue weighted by Crippen LogP contribution is 2.21. The van der Waals surface area contributed by atoms with Crippen molar-refractivity contribution < 1.29 is 18.3 Å². The minimum Gasteiger partial charge on any atom is -0.466 e. The third-order valence-corrected chi connectivity index (χ3v) is 2.37. The average molecular weight is 245 g/mol. The molecule has 17 heavy (non-hydrogen) atoms. The highest BCUT2D eigenvalue weighted by molar-refractivity contribution is 5.73. The molecule has 0 aromatic carbocycles. The smallest absolute Gasteiger partial charge is 0.310 e. The lowest BCUT2D eigenvalue weighted by Gasteiger charge is -2.09. The summed E-state index contributed by atoms with van der Waals surface area (Å²) in [6.07, 6.45) is -1.72. The monoisotopic (exact) mass is 245 g/mol. The highest BCUT2D eigenvalue weighted by atomic mass is 19.3. The van der Waals surface area contributed by atoms with Gasteiger partial charge in [0.2, 0.25) is 0 Å². The van der Waals surface area contributed by atoms with Gasteiger partial charge in [-0.3, -0.25) is 9.59 Å². The van der Waals surface area contributed by atoms with E-state index >= 15 is 0 Å². The van der Waals surface area contributed by atoms with E-state index < -0.39 is 23.5 Å². The predicted molar refractivity (Wildman–Crippen MR) is 57.1 cm³/mol. The number of carbonyl (C=O) groups is 1. The first-order valence-corrected chi connectivity index (χ1v) is 5.12. The summed E-state index contributed by atoms with van der Waals surface area (Å²) in [5.74, 6) is -0.511. The van der Waals surface area contributed by atoms with Crippen molar-refractivity contribution >= 4 is 5.97 Å². The Hall–Kier alpha value is -1.72. The standard InChI is InChI=1S/C11H13F2NO3/c1-3-17-8(15)4-7-5-14-11(16)9(6(7)2)10(12)13/h5,10H,3-4H2,1-2H3,(H,14,16). The number of aromatic amines is 1. The average Bonchev–Trinajstić information content (AvgIpc) is 2.22. The Morgan fingerprint density at radius 3 is 2.71 bits per heavy atom. The highest BCUT2D eigenvalue weighted by Gasteiger charge is 2.19. The molecule has 0 fully saturated rings. The quantitative estimate of drug-likeness (QED) is 0.822. The number of pyridine rings is 1. The van der Waals surface area contributed by atoms with Crippen LogP contribution >= 0.6 is 0 Å². The minimum atomic E-state index is -2.86. The molecule has 94 valence electrons. The van der Waals surface area contributed by atoms with E-state index in [2.05, 4.69) is 4.98 Å². The van der Waals surface area contributed by atoms with Gasteiger partial charge >= 0.3 is 5.97 Å². The Labute approximate surface area is 96.6 Å². The molecule has 0 spiro atoms. The molecule has 1 aromatic heterocycles. The van der Waals surface area contributed by atoms with Crippen molar-refractivity contribution in [2.75, 3.05) is 6.61 Å². The molecule has 0 saturated carbocycles. The number of carbonyl (C=O) groups excluding carboxylic acids is 1. The SMILES string of the molecule is CCOC(=O)Cc1c[nH]c(=O)c(C(F)F)c1C. The van der Waals surface area contributed by atoms with Crippen LogP contribution in [0, 0.1) is 6.92 Å². The number of alkyl halides is 2. The van der Waals surface area contributed by atoms with Crippen LogP contribution in [0.3, 0.4) is 0 Å². The fourth-order valence-corrected chi connectivity index (χ4v) is 1.50. The van der Waals surface area contributed by atoms with Gasteiger partial charge in [0.15, 0.2) is 0 Å². The summed E-state index contributed by atoms with van der Waals surface area (Å²) in [6, 6.07) is 0. The summed E-state index contributed by atoms with van der Waals surface area (Å²) >= 11 is 0. The van der Waals surface area contributed by atoms with Crippen LogP contribution in [0.1, 0.15) is 30.0 Å². The van der Waals surface area contributed by atoms with Crippen molar-refractivity contribution in [3.8, 4) is 0 Å². The topological polar surface area (TPSA) is 59.2 Å². The van der Waals surface area contributed by atoms with Crippen molar-refractivity contribution in [1.82, 2.24) is 4.98 Å². The van der Waals surface area contributed by atoms with Gasteiger partial charge in [0.25, 0.3) is 12.0 Å². The molecule has 0 unspecified atom stereocenters. The van der Waals surface area contributed by atoms with Crippen molar-refractivity contribution in [2.45, 2.75) is 26.7 Å². The zero-order valence-corrected chi connectivity index (χ0v) is 9.55. The first-order valence-electron chi connectivity index (χ1n) is 5.12. The Bertz CT molecular complexity index is 468. The van der Waals surface area contributed by atoms with Gasteiger partial charge < -0.3 is 9.72 Å². The molecule has 0 radical (unpaired) electrons. The predicted octanol–water partition coefficient (Wildman–Crippen LogP) is 1.73. The van der Waals surface area contributed by atoms with Gasteiger partial charge in [-0.05, 0) is 25.0 Å². The van der Waals surface area contributed by atoms with Gasteiger partial charge in [-0.15, -0.1) is 0 Å². The molecule has 0 saturated heterocycles. The third-order valence-electron chi connectivity index (χ3n) is 2.37. The Morgan fingerprint density at radius 2 is 2.18 bits per heavy atom. The van der Waals surface area contributed by atoms with Gasteiger partial charge in [0, 0.05) is 6.20 Å². The minimum absolute atomic E-state index is 0.129. The number of aromatic nitrogens is 1. The fraction of sp³-hybridized carbons (Fsp3) is 0.455. The molecule has 0 bridgehead atoms. The van der Waals surface area contributed by atoms with Crippen LogP contribution in [0.5, 0.6) is 0 Å². The lowest BCUT2D eigenvalue weighted by atomic mass is 10.0. The van der Waals surface area contributed by atoms with Crippen LogP contribution in [0.25, 0.3) is 0 Å². The van der Waals surface area contributed by atoms with Crippen LogP contribution in [0.2, 0.25) is 0 Å². The Balaban J connectivity index is 3.07. The molecule has 4 nitrogen and oxygen atoms in total. The lowest BCUT2D eigenvalue weighted by molar-refractivity contribution is -0.142. The molecule has 1 N–H and O–H groups in total. The number of hydrogen-bond acceptors (Lipinski definition) is 3. The number of ether oxygens (including phenoxy) is 1. The van der Waals surface area contributed by atoms with E-state index in [1.54, 1.807) is 6.92 Å². The molecule has 1 rings (SSSR count). The van der Waals surface area contributed by atoms with Crippen LogP contribution < -0.4 is 5.56 Å². The molecule has 6 heteroatoms. The van der Waals surface area contributed by atoms with Gasteiger partial charge in [-0.2, -0.15) is 0 Å². The molecule has 0 atom stereocenters. The summed E-state index contributed by atoms with van der Waals surface area (Å²) in [4.78, 5) is 24.6. The fourth-order valence-electron chi connectivity index (χ4n) is 1.50. The first kappa shape index (κ1) is 13.3. The molecule has 1 aromatic rings. The molecule has 1 heterocycles. The lowest BCUT2D eigenvalue weighted by Crippen LogP contribution is -2.18.